The SMILES string of the molecule is CCOC(=O)c1c(NC(=O)C[NH+]2CCC[C@H]2c2cccs2)oc(C)c1C(C)=O. The Morgan fingerprint density at radius 1 is 1.36 bits per heavy atom. The van der Waals surface area contributed by atoms with Gasteiger partial charge in [0.1, 0.15) is 17.4 Å². The molecule has 2 aromatic rings. The van der Waals surface area contributed by atoms with E-state index in [9.17, 15) is 14.4 Å². The zero-order chi connectivity index (χ0) is 20.3. The number of aryl methyl sites for hydroxylation is 1. The molecular formula is C20H25N2O5S+. The third-order valence-corrected chi connectivity index (χ3v) is 5.91. The number of Topliss-reactive ketones (excluding diaryl/α,β-unsaturated/α-hetero) is 1. The first-order valence-electron chi connectivity index (χ1n) is 9.41. The topological polar surface area (TPSA) is 90.0 Å². The van der Waals surface area contributed by atoms with Crippen LogP contribution in [-0.2, 0) is 9.53 Å². The first-order chi connectivity index (χ1) is 13.4. The number of carbonyl (C=O) groups is 3. The third-order valence-electron chi connectivity index (χ3n) is 4.93. The van der Waals surface area contributed by atoms with Gasteiger partial charge in [-0.2, -0.15) is 0 Å². The number of rotatable bonds is 7. The monoisotopic (exact) mass is 405 g/mol. The van der Waals surface area contributed by atoms with Crippen LogP contribution in [-0.4, -0.2) is 37.4 Å². The second-order valence-electron chi connectivity index (χ2n) is 6.86. The maximum absolute atomic E-state index is 12.7. The van der Waals surface area contributed by atoms with Crippen molar-refractivity contribution in [3.8, 4) is 0 Å². The number of nitrogens with one attached hydrogen (secondary N) is 2. The number of ether oxygens (including phenoxy) is 1. The van der Waals surface area contributed by atoms with E-state index in [0.29, 0.717) is 6.04 Å². The molecule has 0 aromatic carbocycles. The molecule has 3 heterocycles. The Morgan fingerprint density at radius 2 is 2.14 bits per heavy atom. The van der Waals surface area contributed by atoms with Gasteiger partial charge < -0.3 is 14.1 Å². The molecule has 1 saturated heterocycles. The van der Waals surface area contributed by atoms with Crippen LogP contribution in [0.25, 0.3) is 0 Å². The summed E-state index contributed by atoms with van der Waals surface area (Å²) in [5, 5.41) is 4.73. The van der Waals surface area contributed by atoms with Crippen LogP contribution in [0, 0.1) is 6.92 Å². The molecule has 7 nitrogen and oxygen atoms in total. The Kier molecular flexibility index (Phi) is 6.31. The van der Waals surface area contributed by atoms with Gasteiger partial charge in [0.05, 0.1) is 23.6 Å². The lowest BCUT2D eigenvalue weighted by Crippen LogP contribution is -3.11. The highest BCUT2D eigenvalue weighted by Crippen LogP contribution is 2.28. The number of carbonyl (C=O) groups excluding carboxylic acids is 3. The molecule has 1 unspecified atom stereocenters. The van der Waals surface area contributed by atoms with Gasteiger partial charge in [-0.3, -0.25) is 14.9 Å². The van der Waals surface area contributed by atoms with Gasteiger partial charge in [0, 0.05) is 12.8 Å². The van der Waals surface area contributed by atoms with Crippen LogP contribution in [0.4, 0.5) is 5.88 Å². The van der Waals surface area contributed by atoms with E-state index in [4.69, 9.17) is 9.15 Å². The molecule has 1 amide bonds. The Balaban J connectivity index is 1.77. The summed E-state index contributed by atoms with van der Waals surface area (Å²) in [6.45, 7) is 5.96. The first-order valence-corrected chi connectivity index (χ1v) is 10.3. The minimum Gasteiger partial charge on any atom is -0.462 e. The van der Waals surface area contributed by atoms with Crippen LogP contribution in [0.3, 0.4) is 0 Å². The molecule has 2 aromatic heterocycles. The number of esters is 1. The summed E-state index contributed by atoms with van der Waals surface area (Å²) in [7, 11) is 0. The van der Waals surface area contributed by atoms with E-state index >= 15 is 0 Å². The predicted octanol–water partition coefficient (Wildman–Crippen LogP) is 2.39. The van der Waals surface area contributed by atoms with Crippen LogP contribution < -0.4 is 10.2 Å². The lowest BCUT2D eigenvalue weighted by Gasteiger charge is -2.19. The number of quaternary nitrogens is 1. The van der Waals surface area contributed by atoms with E-state index in [-0.39, 0.29) is 47.6 Å². The second-order valence-corrected chi connectivity index (χ2v) is 7.84. The van der Waals surface area contributed by atoms with E-state index in [1.807, 2.05) is 11.4 Å². The molecule has 2 atom stereocenters. The molecule has 0 bridgehead atoms. The van der Waals surface area contributed by atoms with Crippen molar-refractivity contribution in [2.75, 3.05) is 25.0 Å². The maximum Gasteiger partial charge on any atom is 0.344 e. The Labute approximate surface area is 167 Å². The number of ketones is 1. The Morgan fingerprint density at radius 3 is 2.79 bits per heavy atom. The normalized spacial score (nSPS) is 18.8. The number of hydrogen-bond acceptors (Lipinski definition) is 6. The molecule has 3 rings (SSSR count). The summed E-state index contributed by atoms with van der Waals surface area (Å²) in [6, 6.07) is 4.43. The lowest BCUT2D eigenvalue weighted by molar-refractivity contribution is -0.910. The minimum atomic E-state index is -0.676. The number of anilines is 1. The Bertz CT molecular complexity index is 872. The molecule has 28 heavy (non-hydrogen) atoms. The first kappa shape index (κ1) is 20.3. The molecule has 0 radical (unpaired) electrons. The van der Waals surface area contributed by atoms with Gasteiger partial charge in [0.2, 0.25) is 5.88 Å². The van der Waals surface area contributed by atoms with Gasteiger partial charge in [-0.15, -0.1) is 11.3 Å². The van der Waals surface area contributed by atoms with Gasteiger partial charge >= 0.3 is 5.97 Å². The molecule has 2 N–H and O–H groups in total. The molecule has 8 heteroatoms. The maximum atomic E-state index is 12.7. The molecular weight excluding hydrogens is 380 g/mol. The molecule has 0 spiro atoms. The summed E-state index contributed by atoms with van der Waals surface area (Å²) in [5.41, 5.74) is 0.144. The molecule has 0 saturated carbocycles. The van der Waals surface area contributed by atoms with Crippen molar-refractivity contribution in [2.24, 2.45) is 0 Å². The van der Waals surface area contributed by atoms with Crippen molar-refractivity contribution < 1.29 is 28.4 Å². The predicted molar refractivity (Wildman–Crippen MR) is 105 cm³/mol. The van der Waals surface area contributed by atoms with Crippen molar-refractivity contribution in [1.82, 2.24) is 0 Å². The molecule has 150 valence electrons. The average molecular weight is 405 g/mol. The zero-order valence-electron chi connectivity index (χ0n) is 16.3. The summed E-state index contributed by atoms with van der Waals surface area (Å²) >= 11 is 1.71. The smallest absolute Gasteiger partial charge is 0.344 e. The van der Waals surface area contributed by atoms with E-state index in [1.165, 1.54) is 16.7 Å². The van der Waals surface area contributed by atoms with E-state index in [0.717, 1.165) is 19.4 Å². The average Bonchev–Trinajstić information content (AvgIpc) is 3.34. The number of furan rings is 1. The molecule has 1 aliphatic rings. The Hall–Kier alpha value is -2.45. The van der Waals surface area contributed by atoms with E-state index < -0.39 is 5.97 Å². The van der Waals surface area contributed by atoms with Gasteiger partial charge in [0.25, 0.3) is 5.91 Å². The quantitative estimate of drug-likeness (QED) is 0.545. The number of hydrogen-bond donors (Lipinski definition) is 2. The number of likely N-dealkylation sites (tertiary alicyclic amines) is 1. The number of thiophene rings is 1. The van der Waals surface area contributed by atoms with E-state index in [2.05, 4.69) is 11.4 Å². The van der Waals surface area contributed by atoms with Crippen molar-refractivity contribution in [1.29, 1.82) is 0 Å². The van der Waals surface area contributed by atoms with Crippen molar-refractivity contribution >= 4 is 34.9 Å². The lowest BCUT2D eigenvalue weighted by atomic mass is 10.1. The standard InChI is InChI=1S/C20H24N2O5S/c1-4-26-20(25)18-17(12(2)23)13(3)27-19(18)21-16(24)11-22-9-5-7-14(22)15-8-6-10-28-15/h6,8,10,14H,4-5,7,9,11H2,1-3H3,(H,21,24)/p+1/t14-/m0/s1. The fourth-order valence-corrected chi connectivity index (χ4v) is 4.71. The molecule has 1 fully saturated rings. The van der Waals surface area contributed by atoms with Crippen LogP contribution in [0.1, 0.15) is 64.1 Å². The molecule has 1 aliphatic heterocycles. The number of amides is 1. The van der Waals surface area contributed by atoms with Gasteiger partial charge in [-0.05, 0) is 32.2 Å². The van der Waals surface area contributed by atoms with Crippen LogP contribution in [0.2, 0.25) is 0 Å². The van der Waals surface area contributed by atoms with Crippen LogP contribution in [0.15, 0.2) is 21.9 Å². The summed E-state index contributed by atoms with van der Waals surface area (Å²) in [4.78, 5) is 39.5. The summed E-state index contributed by atoms with van der Waals surface area (Å²) < 4.78 is 10.6. The van der Waals surface area contributed by atoms with Gasteiger partial charge in [-0.1, -0.05) is 6.07 Å². The largest absolute Gasteiger partial charge is 0.462 e. The van der Waals surface area contributed by atoms with Crippen molar-refractivity contribution in [3.63, 3.8) is 0 Å². The van der Waals surface area contributed by atoms with E-state index in [1.54, 1.807) is 25.2 Å². The fraction of sp³-hybridized carbons (Fsp3) is 0.450. The second kappa shape index (κ2) is 8.70. The van der Waals surface area contributed by atoms with Crippen molar-refractivity contribution in [2.45, 2.75) is 39.7 Å². The third kappa shape index (κ3) is 4.18. The van der Waals surface area contributed by atoms with Crippen LogP contribution >= 0.6 is 11.3 Å². The van der Waals surface area contributed by atoms with Crippen molar-refractivity contribution in [3.05, 3.63) is 39.3 Å². The molecule has 0 aliphatic carbocycles. The highest BCUT2D eigenvalue weighted by Gasteiger charge is 2.34. The van der Waals surface area contributed by atoms with Gasteiger partial charge in [-0.25, -0.2) is 4.79 Å². The zero-order valence-corrected chi connectivity index (χ0v) is 17.1. The highest BCUT2D eigenvalue weighted by molar-refractivity contribution is 7.10. The fourth-order valence-electron chi connectivity index (χ4n) is 3.79. The summed E-state index contributed by atoms with van der Waals surface area (Å²) in [5.74, 6) is -0.973. The highest BCUT2D eigenvalue weighted by atomic mass is 32.1. The van der Waals surface area contributed by atoms with Gasteiger partial charge in [0.15, 0.2) is 12.3 Å². The van der Waals surface area contributed by atoms with Crippen LogP contribution in [0.5, 0.6) is 0 Å². The summed E-state index contributed by atoms with van der Waals surface area (Å²) in [6.07, 6.45) is 2.11. The minimum absolute atomic E-state index is 0.00794.